The molecule has 1 aliphatic heterocycles. The van der Waals surface area contributed by atoms with Gasteiger partial charge in [0.2, 0.25) is 11.9 Å². The number of aryl methyl sites for hydroxylation is 1. The summed E-state index contributed by atoms with van der Waals surface area (Å²) in [6.07, 6.45) is 5.55. The maximum Gasteiger partial charge on any atom is 0.247 e. The second kappa shape index (κ2) is 13.9. The van der Waals surface area contributed by atoms with Gasteiger partial charge in [0.1, 0.15) is 21.8 Å². The minimum Gasteiger partial charge on any atom is -0.494 e. The number of benzene rings is 2. The molecule has 3 aromatic rings. The number of carbonyl (C=O) groups is 1. The first-order valence-electron chi connectivity index (χ1n) is 13.4. The standard InChI is InChI=1S/C29H37ClN8O3S/c1-7-27(39)32-22-16-23(26(41-5)17-24(22)36(3)13-14-38-11-8-12-38)34-29-31-18-20(30)28(35-29)33-21-10-9-19(2)15-25(21)37(4)42(6)40/h7,9-10,15-18H,1,8,11-14H2,2-6H3,(H,32,39)(H2,31,33,34,35). The van der Waals surface area contributed by atoms with E-state index in [1.165, 1.54) is 18.7 Å². The molecule has 1 aromatic heterocycles. The second-order valence-electron chi connectivity index (χ2n) is 9.96. The van der Waals surface area contributed by atoms with Crippen molar-refractivity contribution in [3.05, 3.63) is 59.8 Å². The van der Waals surface area contributed by atoms with Crippen LogP contribution in [0.3, 0.4) is 0 Å². The van der Waals surface area contributed by atoms with Crippen molar-refractivity contribution >= 4 is 68.7 Å². The van der Waals surface area contributed by atoms with Crippen molar-refractivity contribution < 1.29 is 13.7 Å². The van der Waals surface area contributed by atoms with Gasteiger partial charge >= 0.3 is 0 Å². The van der Waals surface area contributed by atoms with Crippen LogP contribution < -0.4 is 29.9 Å². The van der Waals surface area contributed by atoms with E-state index in [1.54, 1.807) is 30.8 Å². The van der Waals surface area contributed by atoms with Gasteiger partial charge in [-0.2, -0.15) is 4.98 Å². The van der Waals surface area contributed by atoms with E-state index in [4.69, 9.17) is 16.3 Å². The fraction of sp³-hybridized carbons (Fsp3) is 0.345. The fourth-order valence-electron chi connectivity index (χ4n) is 4.36. The smallest absolute Gasteiger partial charge is 0.247 e. The van der Waals surface area contributed by atoms with E-state index in [-0.39, 0.29) is 11.9 Å². The van der Waals surface area contributed by atoms with Crippen LogP contribution in [0.25, 0.3) is 0 Å². The van der Waals surface area contributed by atoms with Gasteiger partial charge in [-0.3, -0.25) is 9.10 Å². The summed E-state index contributed by atoms with van der Waals surface area (Å²) in [6.45, 7) is 9.48. The largest absolute Gasteiger partial charge is 0.494 e. The van der Waals surface area contributed by atoms with Crippen LogP contribution in [-0.4, -0.2) is 78.6 Å². The van der Waals surface area contributed by atoms with Gasteiger partial charge in [-0.05, 0) is 56.3 Å². The number of likely N-dealkylation sites (tertiary alicyclic amines) is 1. The number of aromatic nitrogens is 2. The lowest BCUT2D eigenvalue weighted by molar-refractivity contribution is -0.111. The first-order chi connectivity index (χ1) is 20.1. The third-order valence-corrected chi connectivity index (χ3v) is 8.24. The Bertz CT molecular complexity index is 1480. The Morgan fingerprint density at radius 1 is 1.17 bits per heavy atom. The van der Waals surface area contributed by atoms with Crippen LogP contribution in [0, 0.1) is 6.92 Å². The van der Waals surface area contributed by atoms with E-state index in [1.807, 2.05) is 38.2 Å². The number of hydrogen-bond donors (Lipinski definition) is 3. The number of ether oxygens (including phenoxy) is 1. The van der Waals surface area contributed by atoms with Crippen molar-refractivity contribution in [3.63, 3.8) is 0 Å². The van der Waals surface area contributed by atoms with E-state index < -0.39 is 11.0 Å². The van der Waals surface area contributed by atoms with Crippen molar-refractivity contribution in [2.45, 2.75) is 13.3 Å². The van der Waals surface area contributed by atoms with Crippen LogP contribution in [0.2, 0.25) is 5.02 Å². The monoisotopic (exact) mass is 612 g/mol. The molecule has 2 aromatic carbocycles. The first kappa shape index (κ1) is 31.1. The summed E-state index contributed by atoms with van der Waals surface area (Å²) in [5.41, 5.74) is 4.37. The maximum absolute atomic E-state index is 12.3. The highest BCUT2D eigenvalue weighted by atomic mass is 35.5. The molecule has 1 atom stereocenters. The summed E-state index contributed by atoms with van der Waals surface area (Å²) < 4.78 is 19.6. The molecule has 0 bridgehead atoms. The van der Waals surface area contributed by atoms with Gasteiger partial charge < -0.3 is 30.5 Å². The fourth-order valence-corrected chi connectivity index (χ4v) is 4.93. The molecule has 42 heavy (non-hydrogen) atoms. The molecule has 0 radical (unpaired) electrons. The van der Waals surface area contributed by atoms with E-state index in [2.05, 4.69) is 42.3 Å². The summed E-state index contributed by atoms with van der Waals surface area (Å²) in [7, 11) is 4.08. The normalized spacial score (nSPS) is 13.5. The van der Waals surface area contributed by atoms with Gasteiger partial charge in [0.15, 0.2) is 5.82 Å². The zero-order valence-electron chi connectivity index (χ0n) is 24.5. The molecule has 1 amide bonds. The van der Waals surface area contributed by atoms with Crippen molar-refractivity contribution in [2.24, 2.45) is 0 Å². The Hall–Kier alpha value is -3.87. The molecule has 0 spiro atoms. The van der Waals surface area contributed by atoms with E-state index >= 15 is 0 Å². The van der Waals surface area contributed by atoms with Crippen molar-refractivity contribution in [2.75, 3.05) is 78.8 Å². The zero-order chi connectivity index (χ0) is 30.4. The Morgan fingerprint density at radius 3 is 2.57 bits per heavy atom. The van der Waals surface area contributed by atoms with Crippen LogP contribution >= 0.6 is 11.6 Å². The van der Waals surface area contributed by atoms with Gasteiger partial charge in [-0.1, -0.05) is 24.2 Å². The van der Waals surface area contributed by atoms with E-state index in [0.29, 0.717) is 33.7 Å². The Kier molecular flexibility index (Phi) is 10.3. The minimum atomic E-state index is -1.23. The van der Waals surface area contributed by atoms with Crippen LogP contribution in [0.1, 0.15) is 12.0 Å². The molecule has 3 N–H and O–H groups in total. The summed E-state index contributed by atoms with van der Waals surface area (Å²) in [5.74, 6) is 0.820. The number of likely N-dealkylation sites (N-methyl/N-ethyl adjacent to an activating group) is 1. The van der Waals surface area contributed by atoms with Gasteiger partial charge in [-0.25, -0.2) is 9.19 Å². The number of amides is 1. The van der Waals surface area contributed by atoms with Gasteiger partial charge in [0, 0.05) is 39.5 Å². The molecule has 4 rings (SSSR count). The number of hydrogen-bond acceptors (Lipinski definition) is 9. The molecule has 1 saturated heterocycles. The molecule has 1 fully saturated rings. The lowest BCUT2D eigenvalue weighted by Crippen LogP contribution is -2.42. The van der Waals surface area contributed by atoms with Crippen LogP contribution in [-0.2, 0) is 15.8 Å². The second-order valence-corrected chi connectivity index (χ2v) is 11.8. The maximum atomic E-state index is 12.3. The Balaban J connectivity index is 1.64. The third-order valence-electron chi connectivity index (χ3n) is 6.99. The number of halogens is 1. The number of nitrogens with one attached hydrogen (secondary N) is 3. The zero-order valence-corrected chi connectivity index (χ0v) is 26.1. The predicted molar refractivity (Wildman–Crippen MR) is 173 cm³/mol. The SMILES string of the molecule is C=CC(=O)Nc1cc(Nc2ncc(Cl)c(Nc3ccc(C)cc3N(C)S(C)=O)n2)c(OC)cc1N(C)CCN1CCC1. The molecule has 1 aliphatic rings. The average Bonchev–Trinajstić information content (AvgIpc) is 2.94. The number of anilines is 7. The van der Waals surface area contributed by atoms with Crippen LogP contribution in [0.15, 0.2) is 49.2 Å². The van der Waals surface area contributed by atoms with Gasteiger partial charge in [0.25, 0.3) is 0 Å². The van der Waals surface area contributed by atoms with Crippen molar-refractivity contribution in [3.8, 4) is 5.75 Å². The Labute approximate surface area is 254 Å². The highest BCUT2D eigenvalue weighted by molar-refractivity contribution is 7.85. The van der Waals surface area contributed by atoms with Gasteiger partial charge in [-0.15, -0.1) is 0 Å². The van der Waals surface area contributed by atoms with Crippen LogP contribution in [0.5, 0.6) is 5.75 Å². The lowest BCUT2D eigenvalue weighted by atomic mass is 10.2. The number of methoxy groups -OCH3 is 1. The minimum absolute atomic E-state index is 0.251. The molecule has 2 heterocycles. The summed E-state index contributed by atoms with van der Waals surface area (Å²) in [5, 5.41) is 9.66. The number of nitrogens with zero attached hydrogens (tertiary/aromatic N) is 5. The molecular weight excluding hydrogens is 576 g/mol. The molecule has 0 aliphatic carbocycles. The third kappa shape index (κ3) is 7.50. The van der Waals surface area contributed by atoms with Crippen molar-refractivity contribution in [1.29, 1.82) is 0 Å². The molecule has 13 heteroatoms. The predicted octanol–water partition coefficient (Wildman–Crippen LogP) is 4.93. The topological polar surface area (TPSA) is 115 Å². The molecule has 1 unspecified atom stereocenters. The van der Waals surface area contributed by atoms with Crippen molar-refractivity contribution in [1.82, 2.24) is 14.9 Å². The summed E-state index contributed by atoms with van der Waals surface area (Å²) in [4.78, 5) is 25.7. The highest BCUT2D eigenvalue weighted by Crippen LogP contribution is 2.38. The van der Waals surface area contributed by atoms with E-state index in [0.717, 1.165) is 43.1 Å². The highest BCUT2D eigenvalue weighted by Gasteiger charge is 2.19. The molecule has 11 nitrogen and oxygen atoms in total. The van der Waals surface area contributed by atoms with Gasteiger partial charge in [0.05, 0.1) is 41.7 Å². The molecular formula is C29H37ClN8O3S. The number of carbonyl (C=O) groups excluding carboxylic acids is 1. The van der Waals surface area contributed by atoms with Crippen LogP contribution in [0.4, 0.5) is 40.2 Å². The first-order valence-corrected chi connectivity index (χ1v) is 15.3. The quantitative estimate of drug-likeness (QED) is 0.231. The number of rotatable bonds is 13. The summed E-state index contributed by atoms with van der Waals surface area (Å²) >= 11 is 6.47. The molecule has 0 saturated carbocycles. The summed E-state index contributed by atoms with van der Waals surface area (Å²) in [6, 6.07) is 9.41. The Morgan fingerprint density at radius 2 is 1.93 bits per heavy atom. The van der Waals surface area contributed by atoms with E-state index in [9.17, 15) is 9.00 Å². The average molecular weight is 613 g/mol. The molecule has 224 valence electrons. The lowest BCUT2D eigenvalue weighted by Gasteiger charge is -2.33.